The van der Waals surface area contributed by atoms with Gasteiger partial charge in [-0.3, -0.25) is 10.1 Å². The Bertz CT molecular complexity index is 902. The van der Waals surface area contributed by atoms with Gasteiger partial charge in [-0.2, -0.15) is 0 Å². The standard InChI is InChI=1S/C20H22N2O3S.C2H6/c1-4-19(13-7-8-13)26-20(5-2)17-12-18(25-6-3)15-11-14(22(23)24)9-10-16(15)21-17;1-2/h4-5,9-13H,6-8H2,1-3H3;1-2H3/b19-4-,20-5-;. The van der Waals surface area contributed by atoms with Crippen molar-refractivity contribution in [2.24, 2.45) is 5.92 Å². The molecule has 0 amide bonds. The van der Waals surface area contributed by atoms with Crippen LogP contribution in [-0.4, -0.2) is 16.5 Å². The number of pyridine rings is 1. The fourth-order valence-corrected chi connectivity index (χ4v) is 3.93. The van der Waals surface area contributed by atoms with Crippen molar-refractivity contribution in [3.63, 3.8) is 0 Å². The van der Waals surface area contributed by atoms with E-state index in [1.54, 1.807) is 17.8 Å². The Kier molecular flexibility index (Phi) is 8.05. The Hall–Kier alpha value is -2.34. The molecule has 0 spiro atoms. The number of fused-ring (bicyclic) bond motifs is 1. The Morgan fingerprint density at radius 2 is 2.00 bits per heavy atom. The molecule has 6 heteroatoms. The van der Waals surface area contributed by atoms with Gasteiger partial charge in [0.05, 0.1) is 22.7 Å². The summed E-state index contributed by atoms with van der Waals surface area (Å²) >= 11 is 1.75. The van der Waals surface area contributed by atoms with Crippen molar-refractivity contribution in [2.45, 2.75) is 47.5 Å². The zero-order valence-corrected chi connectivity index (χ0v) is 18.0. The molecule has 0 radical (unpaired) electrons. The smallest absolute Gasteiger partial charge is 0.270 e. The maximum absolute atomic E-state index is 11.1. The van der Waals surface area contributed by atoms with Crippen molar-refractivity contribution in [1.29, 1.82) is 0 Å². The molecule has 1 aromatic heterocycles. The maximum Gasteiger partial charge on any atom is 0.270 e. The van der Waals surface area contributed by atoms with E-state index in [0.29, 0.717) is 29.2 Å². The molecule has 1 saturated carbocycles. The summed E-state index contributed by atoms with van der Waals surface area (Å²) in [6, 6.07) is 6.59. The predicted molar refractivity (Wildman–Crippen MR) is 119 cm³/mol. The number of thioether (sulfide) groups is 1. The van der Waals surface area contributed by atoms with Crippen molar-refractivity contribution >= 4 is 33.3 Å². The second kappa shape index (κ2) is 10.3. The second-order valence-electron chi connectivity index (χ2n) is 6.12. The lowest BCUT2D eigenvalue weighted by Gasteiger charge is -2.13. The van der Waals surface area contributed by atoms with Crippen molar-refractivity contribution in [3.8, 4) is 5.75 Å². The van der Waals surface area contributed by atoms with Crippen LogP contribution < -0.4 is 4.74 Å². The van der Waals surface area contributed by atoms with Gasteiger partial charge in [0.25, 0.3) is 5.69 Å². The van der Waals surface area contributed by atoms with E-state index >= 15 is 0 Å². The fourth-order valence-electron chi connectivity index (χ4n) is 2.83. The van der Waals surface area contributed by atoms with E-state index in [-0.39, 0.29) is 5.69 Å². The third-order valence-electron chi connectivity index (χ3n) is 4.27. The average Bonchev–Trinajstić information content (AvgIpc) is 3.55. The molecule has 28 heavy (non-hydrogen) atoms. The number of nitrogens with zero attached hydrogens (tertiary/aromatic N) is 2. The van der Waals surface area contributed by atoms with Crippen LogP contribution in [0.25, 0.3) is 15.8 Å². The van der Waals surface area contributed by atoms with Crippen LogP contribution in [0.4, 0.5) is 5.69 Å². The molecule has 1 aromatic carbocycles. The minimum Gasteiger partial charge on any atom is -0.493 e. The van der Waals surface area contributed by atoms with Gasteiger partial charge in [0.1, 0.15) is 5.75 Å². The number of hydrogen-bond donors (Lipinski definition) is 0. The summed E-state index contributed by atoms with van der Waals surface area (Å²) in [4.78, 5) is 17.9. The van der Waals surface area contributed by atoms with Crippen LogP contribution >= 0.6 is 11.8 Å². The molecule has 5 nitrogen and oxygen atoms in total. The monoisotopic (exact) mass is 400 g/mol. The Labute approximate surface area is 171 Å². The van der Waals surface area contributed by atoms with E-state index in [1.165, 1.54) is 29.9 Å². The molecule has 0 unspecified atom stereocenters. The minimum atomic E-state index is -0.399. The van der Waals surface area contributed by atoms with Gasteiger partial charge in [-0.25, -0.2) is 4.98 Å². The van der Waals surface area contributed by atoms with Gasteiger partial charge in [0, 0.05) is 28.5 Å². The topological polar surface area (TPSA) is 65.3 Å². The van der Waals surface area contributed by atoms with E-state index in [2.05, 4.69) is 19.1 Å². The lowest BCUT2D eigenvalue weighted by molar-refractivity contribution is -0.384. The van der Waals surface area contributed by atoms with E-state index in [1.807, 2.05) is 33.8 Å². The first-order chi connectivity index (χ1) is 13.6. The molecule has 150 valence electrons. The van der Waals surface area contributed by atoms with Gasteiger partial charge in [-0.05, 0) is 50.5 Å². The molecule has 1 aliphatic rings. The van der Waals surface area contributed by atoms with Crippen LogP contribution in [0.15, 0.2) is 41.3 Å². The molecule has 0 aliphatic heterocycles. The lowest BCUT2D eigenvalue weighted by Crippen LogP contribution is -1.98. The molecule has 2 aromatic rings. The summed E-state index contributed by atoms with van der Waals surface area (Å²) in [6.45, 7) is 10.5. The van der Waals surface area contributed by atoms with Gasteiger partial charge in [0.15, 0.2) is 0 Å². The van der Waals surface area contributed by atoms with E-state index < -0.39 is 4.92 Å². The highest BCUT2D eigenvalue weighted by Gasteiger charge is 2.27. The first kappa shape index (κ1) is 22.0. The Morgan fingerprint density at radius 3 is 2.54 bits per heavy atom. The summed E-state index contributed by atoms with van der Waals surface area (Å²) in [5.41, 5.74) is 1.57. The third-order valence-corrected chi connectivity index (χ3v) is 5.74. The van der Waals surface area contributed by atoms with Crippen LogP contribution in [0.1, 0.15) is 53.2 Å². The second-order valence-corrected chi connectivity index (χ2v) is 7.23. The van der Waals surface area contributed by atoms with E-state index in [9.17, 15) is 10.1 Å². The molecular formula is C22H28N2O3S. The number of benzene rings is 1. The molecule has 0 atom stereocenters. The number of nitro groups is 1. The summed E-state index contributed by atoms with van der Waals surface area (Å²) in [6.07, 6.45) is 6.75. The van der Waals surface area contributed by atoms with Crippen LogP contribution in [0, 0.1) is 16.0 Å². The molecule has 0 N–H and O–H groups in total. The Morgan fingerprint density at radius 1 is 1.29 bits per heavy atom. The number of nitro benzene ring substituents is 1. The van der Waals surface area contributed by atoms with Gasteiger partial charge >= 0.3 is 0 Å². The van der Waals surface area contributed by atoms with Gasteiger partial charge < -0.3 is 4.74 Å². The zero-order valence-electron chi connectivity index (χ0n) is 17.2. The quantitative estimate of drug-likeness (QED) is 0.371. The fraction of sp³-hybridized carbons (Fsp3) is 0.409. The predicted octanol–water partition coefficient (Wildman–Crippen LogP) is 6.98. The van der Waals surface area contributed by atoms with Crippen LogP contribution in [0.3, 0.4) is 0 Å². The third kappa shape index (κ3) is 5.13. The van der Waals surface area contributed by atoms with Gasteiger partial charge in [-0.1, -0.05) is 37.8 Å². The highest BCUT2D eigenvalue weighted by atomic mass is 32.2. The number of allylic oxidation sites excluding steroid dienone is 3. The summed E-state index contributed by atoms with van der Waals surface area (Å²) in [7, 11) is 0. The molecule has 1 heterocycles. The summed E-state index contributed by atoms with van der Waals surface area (Å²) in [5, 5.41) is 11.8. The maximum atomic E-state index is 11.1. The molecule has 0 saturated heterocycles. The minimum absolute atomic E-state index is 0.0403. The van der Waals surface area contributed by atoms with Crippen molar-refractivity contribution < 1.29 is 9.66 Å². The lowest BCUT2D eigenvalue weighted by atomic mass is 10.1. The average molecular weight is 401 g/mol. The number of ether oxygens (including phenoxy) is 1. The number of rotatable bonds is 7. The number of non-ortho nitro benzene ring substituents is 1. The van der Waals surface area contributed by atoms with Crippen LogP contribution in [0.5, 0.6) is 5.75 Å². The van der Waals surface area contributed by atoms with Crippen LogP contribution in [-0.2, 0) is 0 Å². The molecular weight excluding hydrogens is 372 g/mol. The van der Waals surface area contributed by atoms with E-state index in [0.717, 1.165) is 10.6 Å². The van der Waals surface area contributed by atoms with Crippen molar-refractivity contribution in [3.05, 3.63) is 57.1 Å². The molecule has 3 rings (SSSR count). The number of hydrogen-bond acceptors (Lipinski definition) is 5. The number of aromatic nitrogens is 1. The highest BCUT2D eigenvalue weighted by Crippen LogP contribution is 2.47. The summed E-state index contributed by atoms with van der Waals surface area (Å²) < 4.78 is 5.77. The largest absolute Gasteiger partial charge is 0.493 e. The molecule has 0 bridgehead atoms. The van der Waals surface area contributed by atoms with Gasteiger partial charge in [-0.15, -0.1) is 0 Å². The SMILES string of the molecule is C/C=C(\S/C(=C\C)C1CC1)c1cc(OCC)c2cc([N+](=O)[O-])ccc2n1.CC. The zero-order chi connectivity index (χ0) is 20.7. The van der Waals surface area contributed by atoms with Crippen molar-refractivity contribution in [2.75, 3.05) is 6.61 Å². The first-order valence-corrected chi connectivity index (χ1v) is 10.6. The molecule has 1 aliphatic carbocycles. The van der Waals surface area contributed by atoms with Gasteiger partial charge in [0.2, 0.25) is 0 Å². The highest BCUT2D eigenvalue weighted by molar-refractivity contribution is 8.11. The first-order valence-electron chi connectivity index (χ1n) is 9.80. The van der Waals surface area contributed by atoms with E-state index in [4.69, 9.17) is 9.72 Å². The summed E-state index contributed by atoms with van der Waals surface area (Å²) in [5.74, 6) is 1.30. The van der Waals surface area contributed by atoms with Crippen LogP contribution in [0.2, 0.25) is 0 Å². The Balaban J connectivity index is 0.00000136. The normalized spacial score (nSPS) is 14.5. The van der Waals surface area contributed by atoms with Crippen molar-refractivity contribution in [1.82, 2.24) is 4.98 Å². The molecule has 1 fully saturated rings.